The van der Waals surface area contributed by atoms with Crippen molar-refractivity contribution in [3.8, 4) is 0 Å². The van der Waals surface area contributed by atoms with Crippen molar-refractivity contribution < 1.29 is 13.7 Å². The van der Waals surface area contributed by atoms with Crippen molar-refractivity contribution in [2.75, 3.05) is 7.05 Å². The molecule has 0 aromatic carbocycles. The SMILES string of the molecule is C=C(NC)/C(F)=C\C(=C/N)B1OC(C)(C)C(C)(C)O1. The van der Waals surface area contributed by atoms with Crippen LogP contribution in [0.5, 0.6) is 0 Å². The van der Waals surface area contributed by atoms with E-state index in [4.69, 9.17) is 15.0 Å². The van der Waals surface area contributed by atoms with E-state index in [1.807, 2.05) is 27.7 Å². The Kier molecular flexibility index (Phi) is 4.48. The number of hydrogen-bond donors (Lipinski definition) is 2. The Morgan fingerprint density at radius 3 is 2.11 bits per heavy atom. The highest BCUT2D eigenvalue weighted by Crippen LogP contribution is 2.38. The predicted octanol–water partition coefficient (Wildman–Crippen LogP) is 2.05. The van der Waals surface area contributed by atoms with Crippen LogP contribution in [0.25, 0.3) is 0 Å². The van der Waals surface area contributed by atoms with E-state index in [2.05, 4.69) is 11.9 Å². The number of allylic oxidation sites excluding steroid dienone is 3. The van der Waals surface area contributed by atoms with Crippen molar-refractivity contribution in [2.45, 2.75) is 38.9 Å². The molecule has 1 aliphatic heterocycles. The summed E-state index contributed by atoms with van der Waals surface area (Å²) in [7, 11) is 0.904. The fraction of sp³-hybridized carbons (Fsp3) is 0.538. The third-order valence-corrected chi connectivity index (χ3v) is 3.60. The summed E-state index contributed by atoms with van der Waals surface area (Å²) in [5, 5.41) is 2.63. The first-order chi connectivity index (χ1) is 8.64. The molecule has 1 rings (SSSR count). The van der Waals surface area contributed by atoms with Crippen molar-refractivity contribution in [1.29, 1.82) is 0 Å². The van der Waals surface area contributed by atoms with E-state index in [1.165, 1.54) is 12.3 Å². The van der Waals surface area contributed by atoms with Gasteiger partial charge >= 0.3 is 7.12 Å². The van der Waals surface area contributed by atoms with Crippen LogP contribution in [0, 0.1) is 0 Å². The molecule has 0 radical (unpaired) electrons. The van der Waals surface area contributed by atoms with Crippen LogP contribution in [-0.4, -0.2) is 25.4 Å². The summed E-state index contributed by atoms with van der Waals surface area (Å²) in [6, 6.07) is 0. The fourth-order valence-corrected chi connectivity index (χ4v) is 1.53. The van der Waals surface area contributed by atoms with Gasteiger partial charge < -0.3 is 20.4 Å². The van der Waals surface area contributed by atoms with Crippen LogP contribution in [0.1, 0.15) is 27.7 Å². The van der Waals surface area contributed by atoms with E-state index in [1.54, 1.807) is 7.05 Å². The Balaban J connectivity index is 2.94. The standard InChI is InChI=1S/C13H22BFN2O2/c1-9(17-6)11(15)7-10(8-16)14-18-12(2,3)13(4,5)19-14/h7-8,17H,1,16H2,2-6H3/b10-8+,11-7+. The first-order valence-corrected chi connectivity index (χ1v) is 6.16. The molecule has 1 fully saturated rings. The lowest BCUT2D eigenvalue weighted by Gasteiger charge is -2.32. The Hall–Kier alpha value is -1.27. The number of nitrogens with one attached hydrogen (secondary N) is 1. The first kappa shape index (κ1) is 15.8. The molecule has 0 atom stereocenters. The lowest BCUT2D eigenvalue weighted by molar-refractivity contribution is 0.00578. The van der Waals surface area contributed by atoms with Crippen LogP contribution in [-0.2, 0) is 9.31 Å². The van der Waals surface area contributed by atoms with Gasteiger partial charge in [0.05, 0.1) is 16.9 Å². The Morgan fingerprint density at radius 1 is 1.26 bits per heavy atom. The Labute approximate surface area is 114 Å². The molecule has 0 unspecified atom stereocenters. The van der Waals surface area contributed by atoms with E-state index in [-0.39, 0.29) is 5.70 Å². The predicted molar refractivity (Wildman–Crippen MR) is 75.7 cm³/mol. The largest absolute Gasteiger partial charge is 0.496 e. The monoisotopic (exact) mass is 268 g/mol. The molecule has 0 saturated carbocycles. The summed E-state index contributed by atoms with van der Waals surface area (Å²) in [6.07, 6.45) is 2.55. The van der Waals surface area contributed by atoms with Crippen molar-refractivity contribution >= 4 is 7.12 Å². The highest BCUT2D eigenvalue weighted by molar-refractivity contribution is 6.55. The molecule has 0 aromatic heterocycles. The van der Waals surface area contributed by atoms with Crippen LogP contribution in [0.4, 0.5) is 4.39 Å². The van der Waals surface area contributed by atoms with E-state index < -0.39 is 24.1 Å². The van der Waals surface area contributed by atoms with Crippen LogP contribution in [0.3, 0.4) is 0 Å². The smallest absolute Gasteiger partial charge is 0.405 e. The van der Waals surface area contributed by atoms with Gasteiger partial charge in [-0.05, 0) is 40.0 Å². The fourth-order valence-electron chi connectivity index (χ4n) is 1.53. The molecule has 0 aromatic rings. The summed E-state index contributed by atoms with van der Waals surface area (Å²) in [4.78, 5) is 0. The van der Waals surface area contributed by atoms with Gasteiger partial charge in [0.1, 0.15) is 5.83 Å². The van der Waals surface area contributed by atoms with E-state index in [0.29, 0.717) is 5.47 Å². The molecular formula is C13H22BFN2O2. The van der Waals surface area contributed by atoms with E-state index >= 15 is 0 Å². The molecule has 3 N–H and O–H groups in total. The van der Waals surface area contributed by atoms with Gasteiger partial charge in [-0.25, -0.2) is 4.39 Å². The molecule has 4 nitrogen and oxygen atoms in total. The van der Waals surface area contributed by atoms with Crippen molar-refractivity contribution in [3.05, 3.63) is 35.9 Å². The summed E-state index contributed by atoms with van der Waals surface area (Å²) < 4.78 is 25.4. The summed E-state index contributed by atoms with van der Waals surface area (Å²) in [6.45, 7) is 11.2. The molecule has 0 bridgehead atoms. The zero-order valence-corrected chi connectivity index (χ0v) is 12.2. The van der Waals surface area contributed by atoms with Crippen molar-refractivity contribution in [3.63, 3.8) is 0 Å². The minimum Gasteiger partial charge on any atom is -0.405 e. The Bertz CT molecular complexity index is 414. The molecule has 1 saturated heterocycles. The molecule has 1 aliphatic rings. The molecule has 1 heterocycles. The van der Waals surface area contributed by atoms with Crippen LogP contribution in [0.15, 0.2) is 35.9 Å². The molecule has 0 spiro atoms. The second kappa shape index (κ2) is 5.39. The molecular weight excluding hydrogens is 246 g/mol. The van der Waals surface area contributed by atoms with Crippen LogP contribution in [0.2, 0.25) is 0 Å². The topological polar surface area (TPSA) is 56.5 Å². The second-order valence-electron chi connectivity index (χ2n) is 5.48. The minimum atomic E-state index is -0.689. The van der Waals surface area contributed by atoms with E-state index in [0.717, 1.165) is 0 Å². The highest BCUT2D eigenvalue weighted by atomic mass is 19.1. The normalized spacial score (nSPS) is 22.5. The summed E-state index contributed by atoms with van der Waals surface area (Å²) >= 11 is 0. The first-order valence-electron chi connectivity index (χ1n) is 6.16. The zero-order valence-electron chi connectivity index (χ0n) is 12.2. The number of likely N-dealkylation sites (N-methyl/N-ethyl adjacent to an activating group) is 1. The van der Waals surface area contributed by atoms with Crippen LogP contribution < -0.4 is 11.1 Å². The molecule has 19 heavy (non-hydrogen) atoms. The van der Waals surface area contributed by atoms with E-state index in [9.17, 15) is 4.39 Å². The van der Waals surface area contributed by atoms with Gasteiger partial charge in [-0.2, -0.15) is 0 Å². The quantitative estimate of drug-likeness (QED) is 0.605. The number of hydrogen-bond acceptors (Lipinski definition) is 4. The maximum Gasteiger partial charge on any atom is 0.496 e. The lowest BCUT2D eigenvalue weighted by Crippen LogP contribution is -2.41. The highest BCUT2D eigenvalue weighted by Gasteiger charge is 2.52. The van der Waals surface area contributed by atoms with Gasteiger partial charge in [0, 0.05) is 12.5 Å². The van der Waals surface area contributed by atoms with Gasteiger partial charge in [0.15, 0.2) is 0 Å². The maximum atomic E-state index is 13.8. The second-order valence-corrected chi connectivity index (χ2v) is 5.48. The zero-order chi connectivity index (χ0) is 14.8. The van der Waals surface area contributed by atoms with Crippen LogP contribution >= 0.6 is 0 Å². The number of rotatable bonds is 4. The molecule has 0 aliphatic carbocycles. The summed E-state index contributed by atoms with van der Waals surface area (Å²) in [5.41, 5.74) is 5.16. The average molecular weight is 268 g/mol. The van der Waals surface area contributed by atoms with Crippen molar-refractivity contribution in [2.24, 2.45) is 5.73 Å². The Morgan fingerprint density at radius 2 is 1.74 bits per heavy atom. The maximum absolute atomic E-state index is 13.8. The van der Waals surface area contributed by atoms with Gasteiger partial charge in [0.25, 0.3) is 0 Å². The van der Waals surface area contributed by atoms with Crippen molar-refractivity contribution in [1.82, 2.24) is 5.32 Å². The third-order valence-electron chi connectivity index (χ3n) is 3.60. The van der Waals surface area contributed by atoms with Gasteiger partial charge in [-0.15, -0.1) is 0 Å². The van der Waals surface area contributed by atoms with Gasteiger partial charge in [-0.3, -0.25) is 0 Å². The molecule has 106 valence electrons. The lowest BCUT2D eigenvalue weighted by atomic mass is 9.78. The minimum absolute atomic E-state index is 0.177. The third kappa shape index (κ3) is 3.19. The number of halogens is 1. The van der Waals surface area contributed by atoms with Gasteiger partial charge in [0.2, 0.25) is 0 Å². The average Bonchev–Trinajstić information content (AvgIpc) is 2.53. The number of nitrogens with two attached hydrogens (primary N) is 1. The molecule has 6 heteroatoms. The molecule has 0 amide bonds. The van der Waals surface area contributed by atoms with Gasteiger partial charge in [-0.1, -0.05) is 6.58 Å². The summed E-state index contributed by atoms with van der Waals surface area (Å²) in [5.74, 6) is -0.506.